The summed E-state index contributed by atoms with van der Waals surface area (Å²) >= 11 is 3.28. The van der Waals surface area contributed by atoms with Gasteiger partial charge in [0.25, 0.3) is 0 Å². The van der Waals surface area contributed by atoms with E-state index >= 15 is 0 Å². The highest BCUT2D eigenvalue weighted by atomic mass is 35.5. The van der Waals surface area contributed by atoms with Crippen LogP contribution in [0.4, 0.5) is 10.3 Å². The van der Waals surface area contributed by atoms with Crippen LogP contribution in [0.1, 0.15) is 24.4 Å². The Kier molecular flexibility index (Phi) is 5.68. The van der Waals surface area contributed by atoms with Gasteiger partial charge >= 0.3 is 0 Å². The normalized spacial score (nSPS) is 28.0. The van der Waals surface area contributed by atoms with E-state index in [1.165, 1.54) is 13.8 Å². The van der Waals surface area contributed by atoms with Crippen LogP contribution < -0.4 is 16.0 Å². The molecule has 4 heterocycles. The van der Waals surface area contributed by atoms with Crippen LogP contribution in [0.25, 0.3) is 0 Å². The molecular weight excluding hydrogens is 411 g/mol. The van der Waals surface area contributed by atoms with Crippen LogP contribution in [0.15, 0.2) is 17.9 Å². The van der Waals surface area contributed by atoms with E-state index in [0.717, 1.165) is 23.4 Å². The zero-order valence-electron chi connectivity index (χ0n) is 14.9. The third-order valence-corrected chi connectivity index (χ3v) is 6.94. The fraction of sp³-hybridized carbons (Fsp3) is 0.562. The van der Waals surface area contributed by atoms with Crippen molar-refractivity contribution in [3.63, 3.8) is 0 Å². The van der Waals surface area contributed by atoms with Crippen molar-refractivity contribution in [1.29, 1.82) is 0 Å². The highest BCUT2D eigenvalue weighted by Gasteiger charge is 2.52. The van der Waals surface area contributed by atoms with Crippen LogP contribution in [-0.4, -0.2) is 44.4 Å². The predicted octanol–water partition coefficient (Wildman–Crippen LogP) is 1.63. The maximum absolute atomic E-state index is 14.1. The molecule has 2 saturated heterocycles. The van der Waals surface area contributed by atoms with Gasteiger partial charge in [-0.2, -0.15) is 0 Å². The number of aromatic nitrogens is 3. The van der Waals surface area contributed by atoms with Crippen LogP contribution in [0.3, 0.4) is 0 Å². The summed E-state index contributed by atoms with van der Waals surface area (Å²) in [5, 5.41) is 13.7. The zero-order chi connectivity index (χ0) is 18.5. The molecule has 0 aromatic carbocycles. The maximum atomic E-state index is 14.1. The van der Waals surface area contributed by atoms with E-state index in [2.05, 4.69) is 20.3 Å². The first-order valence-electron chi connectivity index (χ1n) is 8.34. The molecule has 0 spiro atoms. The van der Waals surface area contributed by atoms with Gasteiger partial charge in [0, 0.05) is 35.8 Å². The van der Waals surface area contributed by atoms with E-state index in [0.29, 0.717) is 18.4 Å². The molecule has 3 atom stereocenters. The molecule has 0 amide bonds. The van der Waals surface area contributed by atoms with Gasteiger partial charge < -0.3 is 15.7 Å². The molecule has 11 heteroatoms. The minimum atomic E-state index is -1.37. The summed E-state index contributed by atoms with van der Waals surface area (Å²) in [6.45, 7) is 4.37. The second-order valence-corrected chi connectivity index (χ2v) is 9.30. The minimum Gasteiger partial charge on any atom is -0.384 e. The predicted molar refractivity (Wildman–Crippen MR) is 108 cm³/mol. The molecule has 4 N–H and O–H groups in total. The molecule has 148 valence electrons. The number of aliphatic hydroxyl groups is 1. The lowest BCUT2D eigenvalue weighted by Gasteiger charge is -2.41. The number of rotatable bonds is 3. The SMILES string of the molecule is CC(C)(O)c1nc(N2C[C@H]3CSC(N)N[C@@]3(c3cncs3)C2)ncc1F.Cl. The highest BCUT2D eigenvalue weighted by molar-refractivity contribution is 7.99. The van der Waals surface area contributed by atoms with E-state index in [1.807, 2.05) is 16.6 Å². The van der Waals surface area contributed by atoms with Gasteiger partial charge in [0.15, 0.2) is 5.82 Å². The van der Waals surface area contributed by atoms with Gasteiger partial charge in [-0.1, -0.05) is 0 Å². The summed E-state index contributed by atoms with van der Waals surface area (Å²) in [5.74, 6) is 1.02. The van der Waals surface area contributed by atoms with Crippen molar-refractivity contribution in [2.24, 2.45) is 11.7 Å². The van der Waals surface area contributed by atoms with Gasteiger partial charge in [-0.3, -0.25) is 10.3 Å². The maximum Gasteiger partial charge on any atom is 0.225 e. The van der Waals surface area contributed by atoms with Gasteiger partial charge in [-0.05, 0) is 13.8 Å². The molecule has 0 radical (unpaired) electrons. The molecule has 2 aliphatic rings. The first-order valence-corrected chi connectivity index (χ1v) is 10.3. The van der Waals surface area contributed by atoms with E-state index < -0.39 is 11.4 Å². The molecule has 0 aliphatic carbocycles. The lowest BCUT2D eigenvalue weighted by atomic mass is 9.87. The van der Waals surface area contributed by atoms with Crippen molar-refractivity contribution >= 4 is 41.5 Å². The Morgan fingerprint density at radius 2 is 2.22 bits per heavy atom. The van der Waals surface area contributed by atoms with Gasteiger partial charge in [0.2, 0.25) is 5.95 Å². The topological polar surface area (TPSA) is 100 Å². The molecule has 1 unspecified atom stereocenters. The number of anilines is 1. The number of nitrogens with zero attached hydrogens (tertiary/aromatic N) is 4. The van der Waals surface area contributed by atoms with Crippen molar-refractivity contribution in [3.05, 3.63) is 34.3 Å². The van der Waals surface area contributed by atoms with Crippen LogP contribution in [0.2, 0.25) is 0 Å². The number of thiazole rings is 1. The molecule has 4 rings (SSSR count). The fourth-order valence-electron chi connectivity index (χ4n) is 3.67. The largest absolute Gasteiger partial charge is 0.384 e. The van der Waals surface area contributed by atoms with Crippen LogP contribution in [0, 0.1) is 11.7 Å². The zero-order valence-corrected chi connectivity index (χ0v) is 17.4. The number of hydrogen-bond donors (Lipinski definition) is 3. The van der Waals surface area contributed by atoms with Crippen LogP contribution in [-0.2, 0) is 11.1 Å². The number of thioether (sulfide) groups is 1. The molecule has 2 aromatic rings. The van der Waals surface area contributed by atoms with Crippen molar-refractivity contribution < 1.29 is 9.50 Å². The number of fused-ring (bicyclic) bond motifs is 1. The smallest absolute Gasteiger partial charge is 0.225 e. The Morgan fingerprint density at radius 1 is 1.44 bits per heavy atom. The van der Waals surface area contributed by atoms with Crippen LogP contribution >= 0.6 is 35.5 Å². The van der Waals surface area contributed by atoms with Gasteiger partial charge in [0.05, 0.1) is 17.2 Å². The standard InChI is InChI=1S/C16H21FN6OS2.ClH/c1-15(2,24)12-10(17)3-20-14(21-12)23-5-9-6-25-13(18)22-16(9,7-23)11-4-19-8-26-11;/h3-4,8-9,13,22,24H,5-7,18H2,1-2H3;1H/t9-,13?,16-;/m0./s1. The lowest BCUT2D eigenvalue weighted by Crippen LogP contribution is -2.58. The van der Waals surface area contributed by atoms with Crippen molar-refractivity contribution in [2.45, 2.75) is 30.5 Å². The molecule has 7 nitrogen and oxygen atoms in total. The summed E-state index contributed by atoms with van der Waals surface area (Å²) in [6, 6.07) is 0. The lowest BCUT2D eigenvalue weighted by molar-refractivity contribution is 0.0693. The molecular formula is C16H22ClFN6OS2. The molecule has 2 aliphatic heterocycles. The van der Waals surface area contributed by atoms with Crippen molar-refractivity contribution in [3.8, 4) is 0 Å². The fourth-order valence-corrected chi connectivity index (χ4v) is 5.65. The summed E-state index contributed by atoms with van der Waals surface area (Å²) in [6.07, 6.45) is 3.01. The van der Waals surface area contributed by atoms with E-state index in [9.17, 15) is 9.50 Å². The third-order valence-electron chi connectivity index (χ3n) is 4.92. The Balaban J connectivity index is 0.00000210. The summed E-state index contributed by atoms with van der Waals surface area (Å²) in [7, 11) is 0. The number of nitrogens with one attached hydrogen (secondary N) is 1. The van der Waals surface area contributed by atoms with Crippen molar-refractivity contribution in [2.75, 3.05) is 23.7 Å². The van der Waals surface area contributed by atoms with E-state index in [4.69, 9.17) is 5.73 Å². The number of nitrogens with two attached hydrogens (primary N) is 1. The Bertz CT molecular complexity index is 805. The highest BCUT2D eigenvalue weighted by Crippen LogP contribution is 2.44. The van der Waals surface area contributed by atoms with E-state index in [-0.39, 0.29) is 29.1 Å². The van der Waals surface area contributed by atoms with Gasteiger partial charge in [-0.25, -0.2) is 14.4 Å². The van der Waals surface area contributed by atoms with Gasteiger partial charge in [0.1, 0.15) is 16.8 Å². The first-order chi connectivity index (χ1) is 12.3. The second kappa shape index (κ2) is 7.41. The van der Waals surface area contributed by atoms with Crippen LogP contribution in [0.5, 0.6) is 0 Å². The van der Waals surface area contributed by atoms with E-state index in [1.54, 1.807) is 23.1 Å². The third kappa shape index (κ3) is 3.66. The number of hydrogen-bond acceptors (Lipinski definition) is 9. The summed E-state index contributed by atoms with van der Waals surface area (Å²) in [4.78, 5) is 15.9. The van der Waals surface area contributed by atoms with Crippen molar-refractivity contribution in [1.82, 2.24) is 20.3 Å². The quantitative estimate of drug-likeness (QED) is 0.673. The Labute approximate surface area is 171 Å². The Hall–Kier alpha value is -1.04. The monoisotopic (exact) mass is 432 g/mol. The molecule has 2 fully saturated rings. The summed E-state index contributed by atoms with van der Waals surface area (Å²) < 4.78 is 14.1. The average Bonchev–Trinajstić information content (AvgIpc) is 3.22. The summed E-state index contributed by atoms with van der Waals surface area (Å²) in [5.41, 5.74) is 6.14. The minimum absolute atomic E-state index is 0. The Morgan fingerprint density at radius 3 is 2.89 bits per heavy atom. The molecule has 27 heavy (non-hydrogen) atoms. The molecule has 0 saturated carbocycles. The number of halogens is 2. The molecule has 2 aromatic heterocycles. The average molecular weight is 433 g/mol. The molecule has 0 bridgehead atoms. The first kappa shape index (κ1) is 20.7. The second-order valence-electron chi connectivity index (χ2n) is 7.24. The van der Waals surface area contributed by atoms with Gasteiger partial charge in [-0.15, -0.1) is 35.5 Å².